The highest BCUT2D eigenvalue weighted by molar-refractivity contribution is 6.04. The van der Waals surface area contributed by atoms with Gasteiger partial charge < -0.3 is 20.5 Å². The van der Waals surface area contributed by atoms with Crippen LogP contribution in [0.1, 0.15) is 20.7 Å². The second-order valence-corrected chi connectivity index (χ2v) is 5.73. The third-order valence-corrected chi connectivity index (χ3v) is 3.97. The van der Waals surface area contributed by atoms with Gasteiger partial charge in [0.15, 0.2) is 0 Å². The standard InChI is InChI=1S/C19H14N4O3/c20-17(24)12-3-6-15-16(9-12)23-18(22-15)11-1-4-14(5-2-11)21-19(25)13-7-8-26-10-13/h1-10H,(H2,20,24)(H,21,25)(H,22,23). The first-order valence-electron chi connectivity index (χ1n) is 7.84. The van der Waals surface area contributed by atoms with Crippen molar-refractivity contribution in [1.29, 1.82) is 0 Å². The molecule has 4 N–H and O–H groups in total. The number of aromatic nitrogens is 2. The van der Waals surface area contributed by atoms with E-state index in [1.165, 1.54) is 12.5 Å². The number of anilines is 1. The minimum Gasteiger partial charge on any atom is -0.472 e. The van der Waals surface area contributed by atoms with E-state index in [1.54, 1.807) is 36.4 Å². The number of nitrogens with two attached hydrogens (primary N) is 1. The van der Waals surface area contributed by atoms with Crippen LogP contribution in [0.2, 0.25) is 0 Å². The van der Waals surface area contributed by atoms with Crippen LogP contribution in [0.15, 0.2) is 65.5 Å². The number of primary amides is 1. The molecule has 0 fully saturated rings. The number of carbonyl (C=O) groups excluding carboxylic acids is 2. The van der Waals surface area contributed by atoms with Crippen molar-refractivity contribution in [2.24, 2.45) is 5.73 Å². The normalized spacial score (nSPS) is 10.8. The van der Waals surface area contributed by atoms with Crippen molar-refractivity contribution in [2.45, 2.75) is 0 Å². The number of benzene rings is 2. The summed E-state index contributed by atoms with van der Waals surface area (Å²) in [5.74, 6) is -0.0654. The minimum absolute atomic E-state index is 0.241. The Labute approximate surface area is 147 Å². The Kier molecular flexibility index (Phi) is 3.74. The summed E-state index contributed by atoms with van der Waals surface area (Å²) in [5, 5.41) is 2.79. The fraction of sp³-hybridized carbons (Fsp3) is 0. The highest BCUT2D eigenvalue weighted by Gasteiger charge is 2.10. The molecule has 0 spiro atoms. The molecule has 0 radical (unpaired) electrons. The molecule has 2 aromatic carbocycles. The van der Waals surface area contributed by atoms with Crippen LogP contribution in [0.4, 0.5) is 5.69 Å². The Bertz CT molecular complexity index is 1100. The minimum atomic E-state index is -0.485. The average Bonchev–Trinajstić information content (AvgIpc) is 3.31. The Morgan fingerprint density at radius 3 is 2.54 bits per heavy atom. The second kappa shape index (κ2) is 6.21. The summed E-state index contributed by atoms with van der Waals surface area (Å²) < 4.78 is 4.90. The highest BCUT2D eigenvalue weighted by atomic mass is 16.3. The smallest absolute Gasteiger partial charge is 0.258 e. The van der Waals surface area contributed by atoms with Gasteiger partial charge in [0.05, 0.1) is 22.9 Å². The van der Waals surface area contributed by atoms with E-state index in [0.29, 0.717) is 22.6 Å². The van der Waals surface area contributed by atoms with Gasteiger partial charge in [-0.1, -0.05) is 0 Å². The number of hydrogen-bond donors (Lipinski definition) is 3. The first kappa shape index (κ1) is 15.6. The highest BCUT2D eigenvalue weighted by Crippen LogP contribution is 2.23. The molecule has 2 heterocycles. The summed E-state index contributed by atoms with van der Waals surface area (Å²) in [7, 11) is 0. The van der Waals surface area contributed by atoms with E-state index < -0.39 is 5.91 Å². The molecule has 2 amide bonds. The molecule has 7 nitrogen and oxygen atoms in total. The summed E-state index contributed by atoms with van der Waals surface area (Å²) in [6.45, 7) is 0. The summed E-state index contributed by atoms with van der Waals surface area (Å²) in [6.07, 6.45) is 2.83. The molecular formula is C19H14N4O3. The maximum absolute atomic E-state index is 12.0. The van der Waals surface area contributed by atoms with Gasteiger partial charge in [0, 0.05) is 16.8 Å². The number of rotatable bonds is 4. The van der Waals surface area contributed by atoms with Crippen molar-refractivity contribution in [3.8, 4) is 11.4 Å². The fourth-order valence-corrected chi connectivity index (χ4v) is 2.61. The van der Waals surface area contributed by atoms with Crippen LogP contribution in [-0.4, -0.2) is 21.8 Å². The molecule has 0 saturated heterocycles. The molecule has 0 bridgehead atoms. The molecule has 0 unspecified atom stereocenters. The van der Waals surface area contributed by atoms with E-state index in [4.69, 9.17) is 10.2 Å². The monoisotopic (exact) mass is 346 g/mol. The zero-order valence-electron chi connectivity index (χ0n) is 13.5. The first-order chi connectivity index (χ1) is 12.6. The van der Waals surface area contributed by atoms with Crippen molar-refractivity contribution >= 4 is 28.5 Å². The number of nitrogens with one attached hydrogen (secondary N) is 2. The van der Waals surface area contributed by atoms with Crippen LogP contribution in [0.3, 0.4) is 0 Å². The maximum Gasteiger partial charge on any atom is 0.258 e. The molecule has 128 valence electrons. The lowest BCUT2D eigenvalue weighted by molar-refractivity contribution is 0.0997. The van der Waals surface area contributed by atoms with Crippen molar-refractivity contribution in [2.75, 3.05) is 5.32 Å². The van der Waals surface area contributed by atoms with Crippen molar-refractivity contribution < 1.29 is 14.0 Å². The van der Waals surface area contributed by atoms with Crippen LogP contribution >= 0.6 is 0 Å². The van der Waals surface area contributed by atoms with Gasteiger partial charge in [-0.3, -0.25) is 9.59 Å². The molecule has 26 heavy (non-hydrogen) atoms. The topological polar surface area (TPSA) is 114 Å². The van der Waals surface area contributed by atoms with Gasteiger partial charge in [-0.05, 0) is 48.5 Å². The Balaban J connectivity index is 1.57. The van der Waals surface area contributed by atoms with E-state index in [1.807, 2.05) is 12.1 Å². The van der Waals surface area contributed by atoms with Gasteiger partial charge in [-0.25, -0.2) is 4.98 Å². The third-order valence-electron chi connectivity index (χ3n) is 3.97. The third kappa shape index (κ3) is 2.93. The lowest BCUT2D eigenvalue weighted by Crippen LogP contribution is -2.10. The fourth-order valence-electron chi connectivity index (χ4n) is 2.61. The molecule has 0 aliphatic carbocycles. The molecular weight excluding hydrogens is 332 g/mol. The molecule has 0 atom stereocenters. The van der Waals surface area contributed by atoms with E-state index in [0.717, 1.165) is 16.6 Å². The van der Waals surface area contributed by atoms with Gasteiger partial charge >= 0.3 is 0 Å². The van der Waals surface area contributed by atoms with Crippen molar-refractivity contribution in [3.05, 3.63) is 72.2 Å². The van der Waals surface area contributed by atoms with Gasteiger partial charge in [0.25, 0.3) is 5.91 Å². The number of fused-ring (bicyclic) bond motifs is 1. The van der Waals surface area contributed by atoms with E-state index in [9.17, 15) is 9.59 Å². The van der Waals surface area contributed by atoms with Crippen LogP contribution in [-0.2, 0) is 0 Å². The summed E-state index contributed by atoms with van der Waals surface area (Å²) >= 11 is 0. The number of hydrogen-bond acceptors (Lipinski definition) is 4. The lowest BCUT2D eigenvalue weighted by Gasteiger charge is -2.04. The SMILES string of the molecule is NC(=O)c1ccc2nc(-c3ccc(NC(=O)c4ccoc4)cc3)[nH]c2c1. The predicted octanol–water partition coefficient (Wildman–Crippen LogP) is 3.17. The Morgan fingerprint density at radius 1 is 1.04 bits per heavy atom. The molecule has 0 aliphatic rings. The zero-order valence-corrected chi connectivity index (χ0v) is 13.5. The Morgan fingerprint density at radius 2 is 1.85 bits per heavy atom. The number of aromatic amines is 1. The number of H-pyrrole nitrogens is 1. The molecule has 0 aliphatic heterocycles. The maximum atomic E-state index is 12.0. The summed E-state index contributed by atoms with van der Waals surface area (Å²) in [6, 6.07) is 13.9. The number of furan rings is 1. The number of carbonyl (C=O) groups is 2. The second-order valence-electron chi connectivity index (χ2n) is 5.73. The molecule has 2 aromatic heterocycles. The first-order valence-corrected chi connectivity index (χ1v) is 7.84. The number of imidazole rings is 1. The van der Waals surface area contributed by atoms with Crippen LogP contribution in [0.25, 0.3) is 22.4 Å². The zero-order chi connectivity index (χ0) is 18.1. The van der Waals surface area contributed by atoms with Gasteiger partial charge in [0.2, 0.25) is 5.91 Å². The van der Waals surface area contributed by atoms with Crippen LogP contribution in [0, 0.1) is 0 Å². The quantitative estimate of drug-likeness (QED) is 0.526. The van der Waals surface area contributed by atoms with Crippen LogP contribution in [0.5, 0.6) is 0 Å². The van der Waals surface area contributed by atoms with E-state index in [-0.39, 0.29) is 5.91 Å². The summed E-state index contributed by atoms with van der Waals surface area (Å²) in [5.41, 5.74) is 9.16. The summed E-state index contributed by atoms with van der Waals surface area (Å²) in [4.78, 5) is 31.0. The van der Waals surface area contributed by atoms with E-state index >= 15 is 0 Å². The average molecular weight is 346 g/mol. The van der Waals surface area contributed by atoms with Gasteiger partial charge in [-0.2, -0.15) is 0 Å². The van der Waals surface area contributed by atoms with Crippen LogP contribution < -0.4 is 11.1 Å². The number of nitrogens with zero attached hydrogens (tertiary/aromatic N) is 1. The molecule has 7 heteroatoms. The lowest BCUT2D eigenvalue weighted by atomic mass is 10.2. The predicted molar refractivity (Wildman–Crippen MR) is 96.7 cm³/mol. The van der Waals surface area contributed by atoms with Gasteiger partial charge in [-0.15, -0.1) is 0 Å². The number of amides is 2. The van der Waals surface area contributed by atoms with Crippen molar-refractivity contribution in [1.82, 2.24) is 9.97 Å². The molecule has 4 rings (SSSR count). The Hall–Kier alpha value is -3.87. The molecule has 4 aromatic rings. The van der Waals surface area contributed by atoms with Crippen molar-refractivity contribution in [3.63, 3.8) is 0 Å². The molecule has 0 saturated carbocycles. The largest absolute Gasteiger partial charge is 0.472 e. The van der Waals surface area contributed by atoms with E-state index in [2.05, 4.69) is 15.3 Å². The van der Waals surface area contributed by atoms with Gasteiger partial charge in [0.1, 0.15) is 12.1 Å².